The summed E-state index contributed by atoms with van der Waals surface area (Å²) in [5.74, 6) is -0.583. The predicted octanol–water partition coefficient (Wildman–Crippen LogP) is 4.58. The summed E-state index contributed by atoms with van der Waals surface area (Å²) < 4.78 is 18.6. The second kappa shape index (κ2) is 11.6. The van der Waals surface area contributed by atoms with Crippen LogP contribution in [-0.2, 0) is 16.1 Å². The summed E-state index contributed by atoms with van der Waals surface area (Å²) in [5, 5.41) is 3.47. The molecular formula is C23H28ClFN2O3. The fraction of sp³-hybridized carbons (Fsp3) is 0.391. The first kappa shape index (κ1) is 23.7. The molecule has 2 atom stereocenters. The quantitative estimate of drug-likeness (QED) is 0.595. The van der Waals surface area contributed by atoms with Gasteiger partial charge >= 0.3 is 0 Å². The summed E-state index contributed by atoms with van der Waals surface area (Å²) >= 11 is 6.29. The van der Waals surface area contributed by atoms with Gasteiger partial charge in [-0.3, -0.25) is 9.59 Å². The van der Waals surface area contributed by atoms with Crippen LogP contribution < -0.4 is 10.1 Å². The van der Waals surface area contributed by atoms with E-state index in [-0.39, 0.29) is 36.8 Å². The summed E-state index contributed by atoms with van der Waals surface area (Å²) in [6, 6.07) is 12.0. The van der Waals surface area contributed by atoms with E-state index in [9.17, 15) is 14.0 Å². The molecule has 2 aromatic rings. The molecule has 0 saturated carbocycles. The minimum absolute atomic E-state index is 0.000666. The van der Waals surface area contributed by atoms with Gasteiger partial charge in [0, 0.05) is 17.6 Å². The van der Waals surface area contributed by atoms with E-state index < -0.39 is 6.04 Å². The average Bonchev–Trinajstić information content (AvgIpc) is 2.74. The van der Waals surface area contributed by atoms with Crippen molar-refractivity contribution in [1.29, 1.82) is 0 Å². The third-order valence-electron chi connectivity index (χ3n) is 4.86. The molecule has 0 radical (unpaired) electrons. The minimum atomic E-state index is -0.667. The van der Waals surface area contributed by atoms with Crippen molar-refractivity contribution in [3.63, 3.8) is 0 Å². The van der Waals surface area contributed by atoms with Gasteiger partial charge in [-0.05, 0) is 55.7 Å². The molecular weight excluding hydrogens is 407 g/mol. The highest BCUT2D eigenvalue weighted by molar-refractivity contribution is 6.31. The zero-order valence-corrected chi connectivity index (χ0v) is 18.3. The van der Waals surface area contributed by atoms with Gasteiger partial charge in [0.2, 0.25) is 5.91 Å². The average molecular weight is 435 g/mol. The Kier molecular flexibility index (Phi) is 9.12. The Labute approximate surface area is 182 Å². The first-order valence-corrected chi connectivity index (χ1v) is 10.4. The van der Waals surface area contributed by atoms with Gasteiger partial charge in [-0.25, -0.2) is 4.39 Å². The van der Waals surface area contributed by atoms with Crippen molar-refractivity contribution in [2.75, 3.05) is 6.61 Å². The molecule has 2 aromatic carbocycles. The maximum absolute atomic E-state index is 13.1. The summed E-state index contributed by atoms with van der Waals surface area (Å²) in [6.07, 6.45) is 1.23. The second-order valence-corrected chi connectivity index (χ2v) is 7.50. The van der Waals surface area contributed by atoms with E-state index in [1.54, 1.807) is 6.07 Å². The van der Waals surface area contributed by atoms with E-state index in [1.807, 2.05) is 39.0 Å². The van der Waals surface area contributed by atoms with Crippen molar-refractivity contribution in [3.05, 3.63) is 64.9 Å². The molecule has 0 unspecified atom stereocenters. The lowest BCUT2D eigenvalue weighted by atomic mass is 10.1. The van der Waals surface area contributed by atoms with Crippen LogP contribution in [0.1, 0.15) is 39.2 Å². The number of halogens is 2. The SMILES string of the molecule is CC[C@H](C)NC(=O)[C@H](CC)N(Cc1ccccc1Cl)C(=O)COc1ccc(F)cc1. The molecule has 2 rings (SSSR count). The van der Waals surface area contributed by atoms with Crippen molar-refractivity contribution < 1.29 is 18.7 Å². The number of rotatable bonds is 10. The maximum atomic E-state index is 13.1. The van der Waals surface area contributed by atoms with Gasteiger partial charge < -0.3 is 15.0 Å². The molecule has 0 heterocycles. The Morgan fingerprint density at radius 1 is 1.10 bits per heavy atom. The number of hydrogen-bond acceptors (Lipinski definition) is 3. The normalized spacial score (nSPS) is 12.7. The number of carbonyl (C=O) groups excluding carboxylic acids is 2. The lowest BCUT2D eigenvalue weighted by molar-refractivity contribution is -0.143. The smallest absolute Gasteiger partial charge is 0.261 e. The van der Waals surface area contributed by atoms with Crippen LogP contribution in [0.3, 0.4) is 0 Å². The summed E-state index contributed by atoms with van der Waals surface area (Å²) in [5.41, 5.74) is 0.740. The lowest BCUT2D eigenvalue weighted by Crippen LogP contribution is -2.51. The van der Waals surface area contributed by atoms with E-state index in [1.165, 1.54) is 29.2 Å². The van der Waals surface area contributed by atoms with E-state index in [0.29, 0.717) is 17.2 Å². The van der Waals surface area contributed by atoms with Crippen molar-refractivity contribution in [3.8, 4) is 5.75 Å². The molecule has 7 heteroatoms. The van der Waals surface area contributed by atoms with Crippen molar-refractivity contribution in [1.82, 2.24) is 10.2 Å². The van der Waals surface area contributed by atoms with Crippen LogP contribution in [0.4, 0.5) is 4.39 Å². The first-order valence-electron chi connectivity index (χ1n) is 10.1. The standard InChI is InChI=1S/C23H28ClFN2O3/c1-4-16(3)26-23(29)21(5-2)27(14-17-8-6-7-9-20(17)24)22(28)15-30-19-12-10-18(25)11-13-19/h6-13,16,21H,4-5,14-15H2,1-3H3,(H,26,29)/t16-,21-/m0/s1. The van der Waals surface area contributed by atoms with E-state index in [2.05, 4.69) is 5.32 Å². The van der Waals surface area contributed by atoms with Crippen LogP contribution in [0.2, 0.25) is 5.02 Å². The van der Waals surface area contributed by atoms with Crippen molar-refractivity contribution in [2.45, 2.75) is 52.2 Å². The number of ether oxygens (including phenoxy) is 1. The van der Waals surface area contributed by atoms with Crippen molar-refractivity contribution in [2.24, 2.45) is 0 Å². The molecule has 1 N–H and O–H groups in total. The molecule has 162 valence electrons. The van der Waals surface area contributed by atoms with Crippen LogP contribution in [-0.4, -0.2) is 35.4 Å². The van der Waals surface area contributed by atoms with Gasteiger partial charge in [0.1, 0.15) is 17.6 Å². The molecule has 2 amide bonds. The third kappa shape index (κ3) is 6.73. The monoisotopic (exact) mass is 434 g/mol. The zero-order chi connectivity index (χ0) is 22.1. The lowest BCUT2D eigenvalue weighted by Gasteiger charge is -2.31. The highest BCUT2D eigenvalue weighted by Gasteiger charge is 2.30. The Morgan fingerprint density at radius 3 is 2.37 bits per heavy atom. The molecule has 0 aliphatic heterocycles. The van der Waals surface area contributed by atoms with E-state index in [0.717, 1.165) is 12.0 Å². The van der Waals surface area contributed by atoms with Gasteiger partial charge in [-0.1, -0.05) is 43.6 Å². The number of amides is 2. The maximum Gasteiger partial charge on any atom is 0.261 e. The number of benzene rings is 2. The van der Waals surface area contributed by atoms with Gasteiger partial charge in [0.05, 0.1) is 0 Å². The second-order valence-electron chi connectivity index (χ2n) is 7.10. The Hall–Kier alpha value is -2.60. The van der Waals surface area contributed by atoms with Crippen LogP contribution in [0, 0.1) is 5.82 Å². The fourth-order valence-corrected chi connectivity index (χ4v) is 3.13. The van der Waals surface area contributed by atoms with Gasteiger partial charge in [-0.2, -0.15) is 0 Å². The summed E-state index contributed by atoms with van der Waals surface area (Å²) in [7, 11) is 0. The Bertz CT molecular complexity index is 845. The molecule has 0 aromatic heterocycles. The van der Waals surface area contributed by atoms with Gasteiger partial charge in [-0.15, -0.1) is 0 Å². The topological polar surface area (TPSA) is 58.6 Å². The number of nitrogens with one attached hydrogen (secondary N) is 1. The molecule has 0 fully saturated rings. The highest BCUT2D eigenvalue weighted by Crippen LogP contribution is 2.20. The molecule has 0 saturated heterocycles. The van der Waals surface area contributed by atoms with Crippen LogP contribution in [0.25, 0.3) is 0 Å². The predicted molar refractivity (Wildman–Crippen MR) is 116 cm³/mol. The fourth-order valence-electron chi connectivity index (χ4n) is 2.93. The van der Waals surface area contributed by atoms with Crippen LogP contribution in [0.15, 0.2) is 48.5 Å². The molecule has 0 aliphatic rings. The van der Waals surface area contributed by atoms with Crippen LogP contribution in [0.5, 0.6) is 5.75 Å². The zero-order valence-electron chi connectivity index (χ0n) is 17.5. The van der Waals surface area contributed by atoms with E-state index >= 15 is 0 Å². The van der Waals surface area contributed by atoms with Crippen molar-refractivity contribution >= 4 is 23.4 Å². The molecule has 5 nitrogen and oxygen atoms in total. The highest BCUT2D eigenvalue weighted by atomic mass is 35.5. The number of carbonyl (C=O) groups is 2. The number of nitrogens with zero attached hydrogens (tertiary/aromatic N) is 1. The van der Waals surface area contributed by atoms with E-state index in [4.69, 9.17) is 16.3 Å². The summed E-state index contributed by atoms with van der Waals surface area (Å²) in [6.45, 7) is 5.66. The van der Waals surface area contributed by atoms with Gasteiger partial charge in [0.15, 0.2) is 6.61 Å². The summed E-state index contributed by atoms with van der Waals surface area (Å²) in [4.78, 5) is 27.4. The molecule has 0 spiro atoms. The number of hydrogen-bond donors (Lipinski definition) is 1. The third-order valence-corrected chi connectivity index (χ3v) is 5.23. The molecule has 0 bridgehead atoms. The molecule has 0 aliphatic carbocycles. The molecule has 30 heavy (non-hydrogen) atoms. The first-order chi connectivity index (χ1) is 14.3. The Morgan fingerprint density at radius 2 is 1.77 bits per heavy atom. The largest absolute Gasteiger partial charge is 0.484 e. The Balaban J connectivity index is 2.21. The minimum Gasteiger partial charge on any atom is -0.484 e. The van der Waals surface area contributed by atoms with Gasteiger partial charge in [0.25, 0.3) is 5.91 Å². The van der Waals surface area contributed by atoms with Crippen LogP contribution >= 0.6 is 11.6 Å².